The average Bonchev–Trinajstić information content (AvgIpc) is 3.20. The molecule has 1 N–H and O–H groups in total. The molecule has 0 aliphatic rings. The summed E-state index contributed by atoms with van der Waals surface area (Å²) < 4.78 is 12.5. The second-order valence-electron chi connectivity index (χ2n) is 7.06. The number of halogens is 1. The molecular formula is C24H22ClN3O3. The Morgan fingerprint density at radius 1 is 1.03 bits per heavy atom. The van der Waals surface area contributed by atoms with Crippen molar-refractivity contribution >= 4 is 28.4 Å². The fourth-order valence-electron chi connectivity index (χ4n) is 3.38. The van der Waals surface area contributed by atoms with Crippen LogP contribution in [0.2, 0.25) is 5.02 Å². The van der Waals surface area contributed by atoms with E-state index in [0.717, 1.165) is 22.0 Å². The molecule has 1 heterocycles. The van der Waals surface area contributed by atoms with Crippen LogP contribution in [0.5, 0.6) is 11.5 Å². The van der Waals surface area contributed by atoms with Gasteiger partial charge in [-0.05, 0) is 42.0 Å². The predicted octanol–water partition coefficient (Wildman–Crippen LogP) is 4.69. The zero-order valence-electron chi connectivity index (χ0n) is 17.3. The number of nitrogens with zero attached hydrogens (tertiary/aromatic N) is 2. The number of carbonyl (C=O) groups excluding carboxylic acids is 1. The van der Waals surface area contributed by atoms with Gasteiger partial charge >= 0.3 is 0 Å². The van der Waals surface area contributed by atoms with Crippen molar-refractivity contribution in [1.82, 2.24) is 15.1 Å². The maximum absolute atomic E-state index is 12.8. The third-order valence-electron chi connectivity index (χ3n) is 5.09. The van der Waals surface area contributed by atoms with E-state index < -0.39 is 0 Å². The van der Waals surface area contributed by atoms with Crippen molar-refractivity contribution in [1.29, 1.82) is 0 Å². The molecule has 0 spiro atoms. The van der Waals surface area contributed by atoms with Crippen molar-refractivity contribution in [3.8, 4) is 11.5 Å². The van der Waals surface area contributed by atoms with E-state index in [2.05, 4.69) is 10.4 Å². The molecule has 7 heteroatoms. The van der Waals surface area contributed by atoms with Crippen LogP contribution >= 0.6 is 11.6 Å². The van der Waals surface area contributed by atoms with Crippen LogP contribution in [0.25, 0.3) is 10.9 Å². The third kappa shape index (κ3) is 4.64. The van der Waals surface area contributed by atoms with Crippen LogP contribution < -0.4 is 14.8 Å². The number of benzene rings is 3. The molecule has 0 saturated heterocycles. The topological polar surface area (TPSA) is 65.4 Å². The van der Waals surface area contributed by atoms with E-state index in [-0.39, 0.29) is 5.91 Å². The van der Waals surface area contributed by atoms with Crippen molar-refractivity contribution in [3.05, 3.63) is 88.6 Å². The lowest BCUT2D eigenvalue weighted by atomic mass is 10.1. The van der Waals surface area contributed by atoms with Gasteiger partial charge in [0.25, 0.3) is 5.91 Å². The molecule has 31 heavy (non-hydrogen) atoms. The van der Waals surface area contributed by atoms with Crippen LogP contribution in [-0.4, -0.2) is 29.9 Å². The van der Waals surface area contributed by atoms with Crippen LogP contribution in [0.1, 0.15) is 21.5 Å². The first-order valence-electron chi connectivity index (χ1n) is 9.76. The van der Waals surface area contributed by atoms with E-state index in [1.165, 1.54) is 0 Å². The van der Waals surface area contributed by atoms with Crippen molar-refractivity contribution in [2.45, 2.75) is 13.1 Å². The molecule has 0 saturated carbocycles. The molecular weight excluding hydrogens is 414 g/mol. The van der Waals surface area contributed by atoms with Gasteiger partial charge < -0.3 is 14.8 Å². The van der Waals surface area contributed by atoms with Gasteiger partial charge in [-0.2, -0.15) is 5.10 Å². The Balaban J connectivity index is 1.51. The van der Waals surface area contributed by atoms with Gasteiger partial charge in [-0.3, -0.25) is 9.48 Å². The maximum atomic E-state index is 12.8. The molecule has 0 aliphatic carbocycles. The molecule has 0 aliphatic heterocycles. The van der Waals surface area contributed by atoms with E-state index in [1.54, 1.807) is 32.5 Å². The number of aromatic nitrogens is 2. The Hall–Kier alpha value is -3.51. The monoisotopic (exact) mass is 435 g/mol. The van der Waals surface area contributed by atoms with E-state index >= 15 is 0 Å². The second-order valence-corrected chi connectivity index (χ2v) is 7.50. The molecule has 0 radical (unpaired) electrons. The lowest BCUT2D eigenvalue weighted by molar-refractivity contribution is 0.0951. The molecule has 158 valence electrons. The highest BCUT2D eigenvalue weighted by Crippen LogP contribution is 2.24. The maximum Gasteiger partial charge on any atom is 0.251 e. The number of carbonyl (C=O) groups is 1. The van der Waals surface area contributed by atoms with Gasteiger partial charge in [-0.15, -0.1) is 0 Å². The predicted molar refractivity (Wildman–Crippen MR) is 121 cm³/mol. The van der Waals surface area contributed by atoms with Crippen molar-refractivity contribution in [3.63, 3.8) is 0 Å². The number of rotatable bonds is 7. The summed E-state index contributed by atoms with van der Waals surface area (Å²) in [4.78, 5) is 12.8. The second kappa shape index (κ2) is 9.10. The summed E-state index contributed by atoms with van der Waals surface area (Å²) in [7, 11) is 3.19. The number of methoxy groups -OCH3 is 2. The van der Waals surface area contributed by atoms with E-state index in [9.17, 15) is 4.79 Å². The SMILES string of the molecule is COc1ccc(CNC(=O)c2ccc3cnn(Cc4ccc(Cl)cc4)c3c2)c(OC)c1. The highest BCUT2D eigenvalue weighted by Gasteiger charge is 2.12. The number of hydrogen-bond donors (Lipinski definition) is 1. The number of hydrogen-bond acceptors (Lipinski definition) is 4. The number of amides is 1. The van der Waals surface area contributed by atoms with Crippen LogP contribution in [-0.2, 0) is 13.1 Å². The van der Waals surface area contributed by atoms with Gasteiger partial charge in [0.05, 0.1) is 32.5 Å². The highest BCUT2D eigenvalue weighted by molar-refractivity contribution is 6.30. The Morgan fingerprint density at radius 2 is 1.84 bits per heavy atom. The van der Waals surface area contributed by atoms with E-state index in [0.29, 0.717) is 35.2 Å². The molecule has 1 aromatic heterocycles. The lowest BCUT2D eigenvalue weighted by Gasteiger charge is -2.11. The lowest BCUT2D eigenvalue weighted by Crippen LogP contribution is -2.23. The van der Waals surface area contributed by atoms with Gasteiger partial charge in [0.2, 0.25) is 0 Å². The molecule has 1 amide bonds. The molecule has 0 fully saturated rings. The van der Waals surface area contributed by atoms with Crippen LogP contribution in [0.3, 0.4) is 0 Å². The first kappa shape index (κ1) is 20.8. The molecule has 0 unspecified atom stereocenters. The summed E-state index contributed by atoms with van der Waals surface area (Å²) in [5, 5.41) is 9.10. The van der Waals surface area contributed by atoms with Crippen LogP contribution in [0.15, 0.2) is 66.9 Å². The van der Waals surface area contributed by atoms with Crippen molar-refractivity contribution in [2.24, 2.45) is 0 Å². The minimum absolute atomic E-state index is 0.168. The minimum Gasteiger partial charge on any atom is -0.497 e. The largest absolute Gasteiger partial charge is 0.497 e. The minimum atomic E-state index is -0.168. The van der Waals surface area contributed by atoms with Crippen LogP contribution in [0, 0.1) is 0 Å². The highest BCUT2D eigenvalue weighted by atomic mass is 35.5. The zero-order valence-corrected chi connectivity index (χ0v) is 18.0. The Morgan fingerprint density at radius 3 is 2.58 bits per heavy atom. The molecule has 6 nitrogen and oxygen atoms in total. The molecule has 0 bridgehead atoms. The molecule has 4 rings (SSSR count). The number of fused-ring (bicyclic) bond motifs is 1. The summed E-state index contributed by atoms with van der Waals surface area (Å²) in [6.07, 6.45) is 1.80. The Kier molecular flexibility index (Phi) is 6.09. The summed E-state index contributed by atoms with van der Waals surface area (Å²) in [6, 6.07) is 18.7. The Bertz CT molecular complexity index is 1220. The van der Waals surface area contributed by atoms with Gasteiger partial charge in [-0.25, -0.2) is 0 Å². The van der Waals surface area contributed by atoms with E-state index in [1.807, 2.05) is 53.2 Å². The molecule has 3 aromatic carbocycles. The quantitative estimate of drug-likeness (QED) is 0.457. The smallest absolute Gasteiger partial charge is 0.251 e. The van der Waals surface area contributed by atoms with Crippen LogP contribution in [0.4, 0.5) is 0 Å². The molecule has 0 atom stereocenters. The number of ether oxygens (including phenoxy) is 2. The first-order chi connectivity index (χ1) is 15.1. The number of nitrogens with one attached hydrogen (secondary N) is 1. The van der Waals surface area contributed by atoms with Gasteiger partial charge in [0.1, 0.15) is 11.5 Å². The summed E-state index contributed by atoms with van der Waals surface area (Å²) in [5.74, 6) is 1.20. The third-order valence-corrected chi connectivity index (χ3v) is 5.34. The van der Waals surface area contributed by atoms with Crippen molar-refractivity contribution in [2.75, 3.05) is 14.2 Å². The first-order valence-corrected chi connectivity index (χ1v) is 10.1. The fraction of sp³-hybridized carbons (Fsp3) is 0.167. The fourth-order valence-corrected chi connectivity index (χ4v) is 3.50. The summed E-state index contributed by atoms with van der Waals surface area (Å²) >= 11 is 5.97. The standard InChI is InChI=1S/C24H22ClN3O3/c1-30-21-10-7-19(23(12-21)31-2)13-26-24(29)17-5-6-18-14-27-28(22(18)11-17)15-16-3-8-20(25)9-4-16/h3-12,14H,13,15H2,1-2H3,(H,26,29). The summed E-state index contributed by atoms with van der Waals surface area (Å²) in [5.41, 5.74) is 3.41. The van der Waals surface area contributed by atoms with E-state index in [4.69, 9.17) is 21.1 Å². The van der Waals surface area contributed by atoms with Gasteiger partial charge in [-0.1, -0.05) is 29.8 Å². The average molecular weight is 436 g/mol. The normalized spacial score (nSPS) is 10.8. The molecule has 4 aromatic rings. The van der Waals surface area contributed by atoms with Crippen molar-refractivity contribution < 1.29 is 14.3 Å². The van der Waals surface area contributed by atoms with Gasteiger partial charge in [0.15, 0.2) is 0 Å². The zero-order chi connectivity index (χ0) is 21.8. The summed E-state index contributed by atoms with van der Waals surface area (Å²) in [6.45, 7) is 0.933. The Labute approximate surface area is 185 Å². The van der Waals surface area contributed by atoms with Gasteiger partial charge in [0, 0.05) is 34.1 Å².